The molecule has 1 aromatic carbocycles. The fraction of sp³-hybridized carbons (Fsp3) is 0.538. The Balaban J connectivity index is 1.89. The molecule has 2 N–H and O–H groups in total. The predicted octanol–water partition coefficient (Wildman–Crippen LogP) is 2.34. The second-order valence-corrected chi connectivity index (χ2v) is 4.74. The first-order valence-electron chi connectivity index (χ1n) is 5.91. The molecule has 0 radical (unpaired) electrons. The average molecular weight is 202 g/mol. The summed E-state index contributed by atoms with van der Waals surface area (Å²) in [6, 6.07) is 10.2. The molecular weight excluding hydrogens is 184 g/mol. The van der Waals surface area contributed by atoms with E-state index in [1.165, 1.54) is 30.5 Å². The fourth-order valence-corrected chi connectivity index (χ4v) is 3.10. The van der Waals surface area contributed by atoms with Crippen LogP contribution >= 0.6 is 0 Å². The second kappa shape index (κ2) is 3.53. The molecule has 1 fully saturated rings. The van der Waals surface area contributed by atoms with Crippen LogP contribution in [0.5, 0.6) is 0 Å². The van der Waals surface area contributed by atoms with Crippen LogP contribution in [0, 0.1) is 0 Å². The van der Waals surface area contributed by atoms with Gasteiger partial charge in [-0.3, -0.25) is 0 Å². The first kappa shape index (κ1) is 9.22. The number of para-hydroxylation sites is 1. The zero-order chi connectivity index (χ0) is 10.3. The minimum Gasteiger partial charge on any atom is -0.381 e. The summed E-state index contributed by atoms with van der Waals surface area (Å²) in [6.07, 6.45) is 3.88. The Morgan fingerprint density at radius 2 is 2.13 bits per heavy atom. The van der Waals surface area contributed by atoms with Crippen molar-refractivity contribution in [3.63, 3.8) is 0 Å². The first-order chi connectivity index (χ1) is 7.38. The Kier molecular flexibility index (Phi) is 2.17. The van der Waals surface area contributed by atoms with E-state index in [1.54, 1.807) is 0 Å². The molecule has 2 nitrogen and oxygen atoms in total. The molecule has 1 aliphatic carbocycles. The summed E-state index contributed by atoms with van der Waals surface area (Å²) in [4.78, 5) is 0. The molecule has 0 bridgehead atoms. The molecule has 1 saturated carbocycles. The number of fused-ring (bicyclic) bond motifs is 3. The van der Waals surface area contributed by atoms with Crippen LogP contribution < -0.4 is 10.6 Å². The quantitative estimate of drug-likeness (QED) is 0.730. The van der Waals surface area contributed by atoms with Crippen LogP contribution in [0.15, 0.2) is 24.3 Å². The lowest BCUT2D eigenvalue weighted by atomic mass is 9.80. The Bertz CT molecular complexity index is 361. The molecule has 80 valence electrons. The van der Waals surface area contributed by atoms with Crippen molar-refractivity contribution in [1.29, 1.82) is 0 Å². The predicted molar refractivity (Wildman–Crippen MR) is 63.3 cm³/mol. The maximum absolute atomic E-state index is 3.65. The first-order valence-corrected chi connectivity index (χ1v) is 5.91. The van der Waals surface area contributed by atoms with Crippen molar-refractivity contribution in [2.75, 3.05) is 12.4 Å². The molecule has 0 spiro atoms. The van der Waals surface area contributed by atoms with Crippen molar-refractivity contribution in [3.8, 4) is 0 Å². The van der Waals surface area contributed by atoms with Crippen molar-refractivity contribution in [3.05, 3.63) is 29.8 Å². The SMILES string of the molecule is CNC1CCC2Nc3ccccc3C2C1. The van der Waals surface area contributed by atoms with Crippen LogP contribution in [0.2, 0.25) is 0 Å². The van der Waals surface area contributed by atoms with Crippen molar-refractivity contribution >= 4 is 5.69 Å². The molecule has 1 heterocycles. The summed E-state index contributed by atoms with van der Waals surface area (Å²) in [5.41, 5.74) is 2.90. The molecule has 3 atom stereocenters. The third-order valence-electron chi connectivity index (χ3n) is 3.96. The molecule has 0 aromatic heterocycles. The number of hydrogen-bond acceptors (Lipinski definition) is 2. The van der Waals surface area contributed by atoms with Crippen LogP contribution in [0.25, 0.3) is 0 Å². The van der Waals surface area contributed by atoms with Crippen LogP contribution in [0.3, 0.4) is 0 Å². The second-order valence-electron chi connectivity index (χ2n) is 4.74. The number of hydrogen-bond donors (Lipinski definition) is 2. The molecule has 0 saturated heterocycles. The summed E-state index contributed by atoms with van der Waals surface area (Å²) in [5.74, 6) is 0.729. The molecule has 2 heteroatoms. The monoisotopic (exact) mass is 202 g/mol. The Labute approximate surface area is 91.1 Å². The van der Waals surface area contributed by atoms with Gasteiger partial charge < -0.3 is 10.6 Å². The minimum absolute atomic E-state index is 0.687. The molecular formula is C13H18N2. The molecule has 0 amide bonds. The lowest BCUT2D eigenvalue weighted by Gasteiger charge is -2.31. The van der Waals surface area contributed by atoms with Crippen LogP contribution in [0.1, 0.15) is 30.7 Å². The zero-order valence-electron chi connectivity index (χ0n) is 9.16. The maximum atomic E-state index is 3.65. The third-order valence-corrected chi connectivity index (χ3v) is 3.96. The van der Waals surface area contributed by atoms with Crippen molar-refractivity contribution < 1.29 is 0 Å². The van der Waals surface area contributed by atoms with E-state index in [9.17, 15) is 0 Å². The number of benzene rings is 1. The highest BCUT2D eigenvalue weighted by molar-refractivity contribution is 5.59. The normalized spacial score (nSPS) is 33.0. The van der Waals surface area contributed by atoms with E-state index in [2.05, 4.69) is 41.9 Å². The lowest BCUT2D eigenvalue weighted by molar-refractivity contribution is 0.342. The Morgan fingerprint density at radius 3 is 3.00 bits per heavy atom. The summed E-state index contributed by atoms with van der Waals surface area (Å²) >= 11 is 0. The lowest BCUT2D eigenvalue weighted by Crippen LogP contribution is -2.37. The van der Waals surface area contributed by atoms with Crippen LogP contribution in [-0.4, -0.2) is 19.1 Å². The highest BCUT2D eigenvalue weighted by Gasteiger charge is 2.36. The summed E-state index contributed by atoms with van der Waals surface area (Å²) in [6.45, 7) is 0. The van der Waals surface area contributed by atoms with E-state index in [0.29, 0.717) is 12.1 Å². The number of anilines is 1. The molecule has 2 aliphatic rings. The minimum atomic E-state index is 0.687. The van der Waals surface area contributed by atoms with Gasteiger partial charge in [-0.25, -0.2) is 0 Å². The van der Waals surface area contributed by atoms with E-state index in [-0.39, 0.29) is 0 Å². The van der Waals surface area contributed by atoms with Gasteiger partial charge in [0.05, 0.1) is 0 Å². The van der Waals surface area contributed by atoms with Gasteiger partial charge in [0.2, 0.25) is 0 Å². The molecule has 3 rings (SSSR count). The zero-order valence-corrected chi connectivity index (χ0v) is 9.16. The smallest absolute Gasteiger partial charge is 0.0378 e. The highest BCUT2D eigenvalue weighted by atomic mass is 15.0. The van der Waals surface area contributed by atoms with Crippen molar-refractivity contribution in [1.82, 2.24) is 5.32 Å². The van der Waals surface area contributed by atoms with Gasteiger partial charge in [-0.15, -0.1) is 0 Å². The molecule has 1 aromatic rings. The van der Waals surface area contributed by atoms with Gasteiger partial charge in [0.25, 0.3) is 0 Å². The highest BCUT2D eigenvalue weighted by Crippen LogP contribution is 2.43. The molecule has 15 heavy (non-hydrogen) atoms. The van der Waals surface area contributed by atoms with Crippen molar-refractivity contribution in [2.45, 2.75) is 37.3 Å². The van der Waals surface area contributed by atoms with E-state index < -0.39 is 0 Å². The maximum Gasteiger partial charge on any atom is 0.0378 e. The van der Waals surface area contributed by atoms with E-state index >= 15 is 0 Å². The van der Waals surface area contributed by atoms with Gasteiger partial charge in [0.1, 0.15) is 0 Å². The summed E-state index contributed by atoms with van der Waals surface area (Å²) in [7, 11) is 2.08. The summed E-state index contributed by atoms with van der Waals surface area (Å²) < 4.78 is 0. The van der Waals surface area contributed by atoms with Crippen LogP contribution in [0.4, 0.5) is 5.69 Å². The number of nitrogens with one attached hydrogen (secondary N) is 2. The fourth-order valence-electron chi connectivity index (χ4n) is 3.10. The largest absolute Gasteiger partial charge is 0.381 e. The van der Waals surface area contributed by atoms with Gasteiger partial charge in [-0.2, -0.15) is 0 Å². The van der Waals surface area contributed by atoms with Gasteiger partial charge >= 0.3 is 0 Å². The standard InChI is InChI=1S/C13H18N2/c1-14-9-6-7-13-11(8-9)10-4-2-3-5-12(10)15-13/h2-5,9,11,13-15H,6-8H2,1H3. The molecule has 3 unspecified atom stereocenters. The summed E-state index contributed by atoms with van der Waals surface area (Å²) in [5, 5.41) is 7.07. The van der Waals surface area contributed by atoms with Gasteiger partial charge in [0.15, 0.2) is 0 Å². The Hall–Kier alpha value is -1.02. The van der Waals surface area contributed by atoms with Gasteiger partial charge in [-0.1, -0.05) is 18.2 Å². The average Bonchev–Trinajstić information content (AvgIpc) is 2.66. The van der Waals surface area contributed by atoms with Crippen molar-refractivity contribution in [2.24, 2.45) is 0 Å². The number of rotatable bonds is 1. The van der Waals surface area contributed by atoms with E-state index in [1.807, 2.05) is 0 Å². The topological polar surface area (TPSA) is 24.1 Å². The van der Waals surface area contributed by atoms with E-state index in [0.717, 1.165) is 5.92 Å². The third kappa shape index (κ3) is 1.44. The van der Waals surface area contributed by atoms with Gasteiger partial charge in [-0.05, 0) is 37.9 Å². The van der Waals surface area contributed by atoms with Gasteiger partial charge in [0, 0.05) is 23.7 Å². The van der Waals surface area contributed by atoms with E-state index in [4.69, 9.17) is 0 Å². The molecule has 1 aliphatic heterocycles. The Morgan fingerprint density at radius 1 is 1.27 bits per heavy atom. The van der Waals surface area contributed by atoms with Crippen LogP contribution in [-0.2, 0) is 0 Å².